The third-order valence-corrected chi connectivity index (χ3v) is 6.25. The van der Waals surface area contributed by atoms with E-state index in [4.69, 9.17) is 21.1 Å². The van der Waals surface area contributed by atoms with Crippen LogP contribution in [-0.2, 0) is 4.79 Å². The summed E-state index contributed by atoms with van der Waals surface area (Å²) in [6.07, 6.45) is 1.47. The van der Waals surface area contributed by atoms with Crippen LogP contribution in [0.2, 0.25) is 5.02 Å². The van der Waals surface area contributed by atoms with E-state index < -0.39 is 0 Å². The van der Waals surface area contributed by atoms with Gasteiger partial charge in [0.25, 0.3) is 0 Å². The topological polar surface area (TPSA) is 67.9 Å². The second-order valence-corrected chi connectivity index (χ2v) is 8.49. The number of halogens is 1. The van der Waals surface area contributed by atoms with Gasteiger partial charge in [-0.25, -0.2) is 0 Å². The molecule has 0 aromatic heterocycles. The first kappa shape index (κ1) is 21.7. The highest BCUT2D eigenvalue weighted by Crippen LogP contribution is 2.32. The third kappa shape index (κ3) is 5.20. The van der Waals surface area contributed by atoms with Crippen molar-refractivity contribution in [1.29, 1.82) is 0 Å². The fourth-order valence-corrected chi connectivity index (χ4v) is 4.48. The fraction of sp³-hybridized carbons (Fsp3) is 0.417. The summed E-state index contributed by atoms with van der Waals surface area (Å²) in [5, 5.41) is 3.66. The first-order valence-electron chi connectivity index (χ1n) is 10.7. The number of rotatable bonds is 6. The number of carbonyl (C=O) groups is 2. The van der Waals surface area contributed by atoms with Gasteiger partial charge >= 0.3 is 0 Å². The number of ketones is 1. The Hall–Kier alpha value is -2.57. The minimum absolute atomic E-state index is 0.0379. The van der Waals surface area contributed by atoms with Crippen LogP contribution >= 0.6 is 11.6 Å². The summed E-state index contributed by atoms with van der Waals surface area (Å²) in [5.41, 5.74) is 1.57. The minimum Gasteiger partial charge on any atom is -0.486 e. The van der Waals surface area contributed by atoms with E-state index in [0.29, 0.717) is 41.8 Å². The van der Waals surface area contributed by atoms with Crippen molar-refractivity contribution in [3.8, 4) is 11.5 Å². The molecule has 164 valence electrons. The highest BCUT2D eigenvalue weighted by Gasteiger charge is 2.28. The van der Waals surface area contributed by atoms with Crippen molar-refractivity contribution in [1.82, 2.24) is 10.2 Å². The zero-order valence-electron chi connectivity index (χ0n) is 17.6. The smallest absolute Gasteiger partial charge is 0.234 e. The maximum atomic E-state index is 12.9. The molecular formula is C24H27ClN2O4. The van der Waals surface area contributed by atoms with E-state index in [1.165, 1.54) is 0 Å². The van der Waals surface area contributed by atoms with E-state index in [1.54, 1.807) is 12.1 Å². The third-order valence-electron chi connectivity index (χ3n) is 5.90. The lowest BCUT2D eigenvalue weighted by atomic mass is 9.88. The maximum absolute atomic E-state index is 12.9. The number of benzene rings is 2. The predicted octanol–water partition coefficient (Wildman–Crippen LogP) is 3.88. The maximum Gasteiger partial charge on any atom is 0.234 e. The summed E-state index contributed by atoms with van der Waals surface area (Å²) in [7, 11) is 0. The van der Waals surface area contributed by atoms with Gasteiger partial charge in [-0.05, 0) is 62.7 Å². The molecule has 2 heterocycles. The van der Waals surface area contributed by atoms with Gasteiger partial charge in [0.05, 0.1) is 12.6 Å². The molecule has 0 spiro atoms. The Bertz CT molecular complexity index is 956. The van der Waals surface area contributed by atoms with Gasteiger partial charge in [-0.15, -0.1) is 0 Å². The molecule has 0 aliphatic carbocycles. The van der Waals surface area contributed by atoms with Crippen LogP contribution in [-0.4, -0.2) is 49.4 Å². The molecule has 4 rings (SSSR count). The van der Waals surface area contributed by atoms with E-state index >= 15 is 0 Å². The van der Waals surface area contributed by atoms with Crippen molar-refractivity contribution in [2.45, 2.75) is 25.8 Å². The standard InChI is InChI=1S/C24H27ClN2O4/c1-16(19-4-2-3-5-20(19)25)26-23(28)15-27-10-8-17(9-11-27)24(29)18-6-7-21-22(14-18)31-13-12-30-21/h2-7,14,16-17H,8-13,15H2,1H3,(H,26,28)/t16-/m0/s1. The molecule has 7 heteroatoms. The molecule has 6 nitrogen and oxygen atoms in total. The molecular weight excluding hydrogens is 416 g/mol. The lowest BCUT2D eigenvalue weighted by molar-refractivity contribution is -0.123. The summed E-state index contributed by atoms with van der Waals surface area (Å²) < 4.78 is 11.1. The average molecular weight is 443 g/mol. The average Bonchev–Trinajstić information content (AvgIpc) is 2.79. The first-order valence-corrected chi connectivity index (χ1v) is 11.1. The Morgan fingerprint density at radius 3 is 2.55 bits per heavy atom. The highest BCUT2D eigenvalue weighted by atomic mass is 35.5. The van der Waals surface area contributed by atoms with E-state index in [9.17, 15) is 9.59 Å². The molecule has 0 radical (unpaired) electrons. The van der Waals surface area contributed by atoms with Crippen LogP contribution < -0.4 is 14.8 Å². The Labute approximate surface area is 187 Å². The Morgan fingerprint density at radius 2 is 1.81 bits per heavy atom. The van der Waals surface area contributed by atoms with Crippen LogP contribution in [0, 0.1) is 5.92 Å². The monoisotopic (exact) mass is 442 g/mol. The molecule has 1 fully saturated rings. The predicted molar refractivity (Wildman–Crippen MR) is 119 cm³/mol. The number of hydrogen-bond donors (Lipinski definition) is 1. The van der Waals surface area contributed by atoms with Crippen molar-refractivity contribution in [3.63, 3.8) is 0 Å². The lowest BCUT2D eigenvalue weighted by Crippen LogP contribution is -2.43. The van der Waals surface area contributed by atoms with Gasteiger partial charge in [0.1, 0.15) is 13.2 Å². The van der Waals surface area contributed by atoms with Crippen molar-refractivity contribution in [3.05, 3.63) is 58.6 Å². The zero-order valence-corrected chi connectivity index (χ0v) is 18.4. The number of carbonyl (C=O) groups excluding carboxylic acids is 2. The molecule has 1 amide bonds. The zero-order chi connectivity index (χ0) is 21.8. The SMILES string of the molecule is C[C@H](NC(=O)CN1CCC(C(=O)c2ccc3c(c2)OCCO3)CC1)c1ccccc1Cl. The van der Waals surface area contributed by atoms with Crippen molar-refractivity contribution in [2.75, 3.05) is 32.8 Å². The summed E-state index contributed by atoms with van der Waals surface area (Å²) in [4.78, 5) is 27.5. The van der Waals surface area contributed by atoms with Gasteiger partial charge in [0.15, 0.2) is 17.3 Å². The number of piperidine rings is 1. The van der Waals surface area contributed by atoms with Gasteiger partial charge < -0.3 is 14.8 Å². The van der Waals surface area contributed by atoms with Crippen molar-refractivity contribution < 1.29 is 19.1 Å². The van der Waals surface area contributed by atoms with E-state index in [-0.39, 0.29) is 23.7 Å². The number of ether oxygens (including phenoxy) is 2. The molecule has 2 aliphatic heterocycles. The Morgan fingerprint density at radius 1 is 1.10 bits per heavy atom. The molecule has 1 N–H and O–H groups in total. The molecule has 2 aromatic rings. The van der Waals surface area contributed by atoms with E-state index in [1.807, 2.05) is 37.3 Å². The Kier molecular flexibility index (Phi) is 6.78. The second kappa shape index (κ2) is 9.71. The van der Waals surface area contributed by atoms with Crippen molar-refractivity contribution in [2.24, 2.45) is 5.92 Å². The normalized spacial score (nSPS) is 17.7. The number of likely N-dealkylation sites (tertiary alicyclic amines) is 1. The van der Waals surface area contributed by atoms with Crippen LogP contribution in [0.5, 0.6) is 11.5 Å². The van der Waals surface area contributed by atoms with Gasteiger partial charge in [-0.2, -0.15) is 0 Å². The van der Waals surface area contributed by atoms with Gasteiger partial charge in [0.2, 0.25) is 5.91 Å². The van der Waals surface area contributed by atoms with Crippen LogP contribution in [0.25, 0.3) is 0 Å². The first-order chi connectivity index (χ1) is 15.0. The number of nitrogens with zero attached hydrogens (tertiary/aromatic N) is 1. The highest BCUT2D eigenvalue weighted by molar-refractivity contribution is 6.31. The van der Waals surface area contributed by atoms with Crippen LogP contribution in [0.15, 0.2) is 42.5 Å². The minimum atomic E-state index is -0.157. The molecule has 0 saturated carbocycles. The summed E-state index contributed by atoms with van der Waals surface area (Å²) in [5.74, 6) is 1.38. The lowest BCUT2D eigenvalue weighted by Gasteiger charge is -2.31. The van der Waals surface area contributed by atoms with Crippen LogP contribution in [0.4, 0.5) is 0 Å². The molecule has 1 saturated heterocycles. The number of nitrogens with one attached hydrogen (secondary N) is 1. The number of fused-ring (bicyclic) bond motifs is 1. The summed E-state index contributed by atoms with van der Waals surface area (Å²) in [6, 6.07) is 12.8. The van der Waals surface area contributed by atoms with Crippen LogP contribution in [0.1, 0.15) is 41.7 Å². The van der Waals surface area contributed by atoms with Gasteiger partial charge in [0, 0.05) is 16.5 Å². The largest absolute Gasteiger partial charge is 0.486 e. The molecule has 1 atom stereocenters. The molecule has 2 aliphatic rings. The quantitative estimate of drug-likeness (QED) is 0.687. The van der Waals surface area contributed by atoms with E-state index in [2.05, 4.69) is 10.2 Å². The fourth-order valence-electron chi connectivity index (χ4n) is 4.18. The van der Waals surface area contributed by atoms with Gasteiger partial charge in [-0.1, -0.05) is 29.8 Å². The van der Waals surface area contributed by atoms with Crippen LogP contribution in [0.3, 0.4) is 0 Å². The molecule has 31 heavy (non-hydrogen) atoms. The van der Waals surface area contributed by atoms with Gasteiger partial charge in [-0.3, -0.25) is 14.5 Å². The van der Waals surface area contributed by atoms with E-state index in [0.717, 1.165) is 31.5 Å². The van der Waals surface area contributed by atoms with Crippen molar-refractivity contribution >= 4 is 23.3 Å². The Balaban J connectivity index is 1.27. The number of Topliss-reactive ketones (excluding diaryl/α,β-unsaturated/α-hetero) is 1. The molecule has 2 aromatic carbocycles. The summed E-state index contributed by atoms with van der Waals surface area (Å²) in [6.45, 7) is 4.71. The number of amides is 1. The number of hydrogen-bond acceptors (Lipinski definition) is 5. The molecule has 0 unspecified atom stereocenters. The summed E-state index contributed by atoms with van der Waals surface area (Å²) >= 11 is 6.22. The molecule has 0 bridgehead atoms. The second-order valence-electron chi connectivity index (χ2n) is 8.08.